The third kappa shape index (κ3) is 6.97. The minimum absolute atomic E-state index is 0.0386. The first-order valence-corrected chi connectivity index (χ1v) is 11.4. The first-order valence-electron chi connectivity index (χ1n) is 9.99. The molecule has 1 heterocycles. The molecule has 0 aromatic heterocycles. The van der Waals surface area contributed by atoms with Crippen molar-refractivity contribution in [3.8, 4) is 0 Å². The molecule has 1 amide bonds. The van der Waals surface area contributed by atoms with Crippen molar-refractivity contribution in [3.05, 3.63) is 35.9 Å². The maximum atomic E-state index is 12.8. The van der Waals surface area contributed by atoms with Crippen LogP contribution in [0.5, 0.6) is 0 Å². The van der Waals surface area contributed by atoms with Crippen LogP contribution in [-0.2, 0) is 24.3 Å². The van der Waals surface area contributed by atoms with Gasteiger partial charge in [-0.1, -0.05) is 25.0 Å². The number of nitrogens with zero attached hydrogens (tertiary/aromatic N) is 1. The smallest absolute Gasteiger partial charge is 0.331 e. The van der Waals surface area contributed by atoms with Gasteiger partial charge in [-0.2, -0.15) is 4.31 Å². The Morgan fingerprint density at radius 1 is 1.03 bits per heavy atom. The summed E-state index contributed by atoms with van der Waals surface area (Å²) in [5, 5.41) is 2.67. The van der Waals surface area contributed by atoms with Crippen molar-refractivity contribution < 1.29 is 22.7 Å². The van der Waals surface area contributed by atoms with E-state index in [1.54, 1.807) is 28.6 Å². The molecule has 1 aliphatic rings. The Morgan fingerprint density at radius 3 is 2.17 bits per heavy atom. The molecule has 29 heavy (non-hydrogen) atoms. The molecule has 1 aromatic carbocycles. The highest BCUT2D eigenvalue weighted by atomic mass is 32.2. The van der Waals surface area contributed by atoms with Crippen molar-refractivity contribution in [1.29, 1.82) is 0 Å². The van der Waals surface area contributed by atoms with Crippen LogP contribution in [0.15, 0.2) is 35.2 Å². The molecule has 2 rings (SSSR count). The maximum Gasteiger partial charge on any atom is 0.331 e. The molecule has 1 atom stereocenters. The van der Waals surface area contributed by atoms with Crippen LogP contribution in [-0.4, -0.2) is 49.8 Å². The maximum absolute atomic E-state index is 12.8. The molecule has 1 N–H and O–H groups in total. The van der Waals surface area contributed by atoms with E-state index in [0.29, 0.717) is 18.7 Å². The van der Waals surface area contributed by atoms with Crippen LogP contribution in [0.1, 0.15) is 52.0 Å². The van der Waals surface area contributed by atoms with Gasteiger partial charge < -0.3 is 10.1 Å². The fraction of sp³-hybridized carbons (Fsp3) is 0.524. The third-order valence-electron chi connectivity index (χ3n) is 4.59. The summed E-state index contributed by atoms with van der Waals surface area (Å²) < 4.78 is 32.2. The van der Waals surface area contributed by atoms with E-state index in [1.807, 2.05) is 13.8 Å². The van der Waals surface area contributed by atoms with E-state index in [9.17, 15) is 18.0 Å². The summed E-state index contributed by atoms with van der Waals surface area (Å²) in [5.74, 6) is -0.998. The summed E-state index contributed by atoms with van der Waals surface area (Å²) in [6.45, 7) is 6.26. The van der Waals surface area contributed by atoms with Crippen LogP contribution >= 0.6 is 0 Å². The van der Waals surface area contributed by atoms with Crippen LogP contribution in [0, 0.1) is 0 Å². The van der Waals surface area contributed by atoms with Gasteiger partial charge in [-0.05, 0) is 57.4 Å². The Hall–Kier alpha value is -2.19. The molecular weight excluding hydrogens is 392 g/mol. The van der Waals surface area contributed by atoms with Crippen molar-refractivity contribution in [2.75, 3.05) is 13.1 Å². The number of benzene rings is 1. The zero-order valence-electron chi connectivity index (χ0n) is 17.3. The lowest BCUT2D eigenvalue weighted by Gasteiger charge is -2.19. The molecule has 8 heteroatoms. The van der Waals surface area contributed by atoms with Gasteiger partial charge in [0.25, 0.3) is 5.91 Å². The summed E-state index contributed by atoms with van der Waals surface area (Å²) in [7, 11) is -3.50. The van der Waals surface area contributed by atoms with Crippen molar-refractivity contribution in [2.24, 2.45) is 0 Å². The van der Waals surface area contributed by atoms with E-state index >= 15 is 0 Å². The Kier molecular flexibility index (Phi) is 8.40. The fourth-order valence-corrected chi connectivity index (χ4v) is 4.53. The number of ether oxygens (including phenoxy) is 1. The molecule has 0 radical (unpaired) electrons. The number of hydrogen-bond acceptors (Lipinski definition) is 5. The van der Waals surface area contributed by atoms with Gasteiger partial charge in [0.1, 0.15) is 0 Å². The minimum Gasteiger partial charge on any atom is -0.449 e. The van der Waals surface area contributed by atoms with Crippen molar-refractivity contribution in [3.63, 3.8) is 0 Å². The quantitative estimate of drug-likeness (QED) is 0.539. The molecular formula is C21H30N2O5S. The van der Waals surface area contributed by atoms with E-state index < -0.39 is 22.1 Å². The van der Waals surface area contributed by atoms with Gasteiger partial charge in [0.15, 0.2) is 6.10 Å². The highest BCUT2D eigenvalue weighted by Crippen LogP contribution is 2.21. The molecule has 1 aromatic rings. The predicted octanol–water partition coefficient (Wildman–Crippen LogP) is 2.72. The van der Waals surface area contributed by atoms with E-state index in [4.69, 9.17) is 4.74 Å². The largest absolute Gasteiger partial charge is 0.449 e. The average Bonchev–Trinajstić information content (AvgIpc) is 2.96. The normalized spacial score (nSPS) is 17.1. The molecule has 7 nitrogen and oxygen atoms in total. The summed E-state index contributed by atoms with van der Waals surface area (Å²) in [6.07, 6.45) is 5.74. The lowest BCUT2D eigenvalue weighted by atomic mass is 10.2. The van der Waals surface area contributed by atoms with E-state index in [1.165, 1.54) is 19.1 Å². The van der Waals surface area contributed by atoms with Crippen molar-refractivity contribution in [2.45, 2.75) is 63.5 Å². The van der Waals surface area contributed by atoms with Crippen molar-refractivity contribution in [1.82, 2.24) is 9.62 Å². The first kappa shape index (κ1) is 23.1. The Balaban J connectivity index is 1.97. The lowest BCUT2D eigenvalue weighted by Crippen LogP contribution is -2.39. The number of hydrogen-bond donors (Lipinski definition) is 1. The predicted molar refractivity (Wildman–Crippen MR) is 112 cm³/mol. The van der Waals surface area contributed by atoms with Gasteiger partial charge in [0.05, 0.1) is 4.90 Å². The van der Waals surface area contributed by atoms with Crippen LogP contribution in [0.4, 0.5) is 0 Å². The number of sulfonamides is 1. The monoisotopic (exact) mass is 422 g/mol. The number of amides is 1. The first-order chi connectivity index (χ1) is 13.7. The number of rotatable bonds is 7. The molecule has 160 valence electrons. The summed E-state index contributed by atoms with van der Waals surface area (Å²) in [5.41, 5.74) is 0.663. The van der Waals surface area contributed by atoms with Gasteiger partial charge in [-0.15, -0.1) is 0 Å². The molecule has 1 aliphatic heterocycles. The van der Waals surface area contributed by atoms with Gasteiger partial charge >= 0.3 is 5.97 Å². The third-order valence-corrected chi connectivity index (χ3v) is 6.50. The Labute approximate surface area is 173 Å². The standard InChI is InChI=1S/C21H30N2O5S/c1-16(2)22-21(25)17(3)28-20(24)13-10-18-8-11-19(12-9-18)29(26,27)23-14-6-4-5-7-15-23/h8-13,16-17H,4-7,14-15H2,1-3H3,(H,22,25)/b13-10+. The van der Waals surface area contributed by atoms with Crippen LogP contribution in [0.3, 0.4) is 0 Å². The Morgan fingerprint density at radius 2 is 1.62 bits per heavy atom. The molecule has 0 spiro atoms. The van der Waals surface area contributed by atoms with Crippen LogP contribution in [0.2, 0.25) is 0 Å². The van der Waals surface area contributed by atoms with Gasteiger partial charge in [-0.3, -0.25) is 4.79 Å². The second kappa shape index (κ2) is 10.5. The van der Waals surface area contributed by atoms with Gasteiger partial charge in [0.2, 0.25) is 10.0 Å². The number of esters is 1. The zero-order valence-corrected chi connectivity index (χ0v) is 18.1. The zero-order chi connectivity index (χ0) is 21.4. The Bertz CT molecular complexity index is 823. The SMILES string of the molecule is CC(C)NC(=O)C(C)OC(=O)/C=C/c1ccc(S(=O)(=O)N2CCCCCC2)cc1. The van der Waals surface area contributed by atoms with E-state index in [0.717, 1.165) is 25.7 Å². The average molecular weight is 423 g/mol. The van der Waals surface area contributed by atoms with Crippen LogP contribution in [0.25, 0.3) is 6.08 Å². The topological polar surface area (TPSA) is 92.8 Å². The minimum atomic E-state index is -3.50. The second-order valence-electron chi connectivity index (χ2n) is 7.46. The molecule has 1 saturated heterocycles. The number of nitrogens with one attached hydrogen (secondary N) is 1. The summed E-state index contributed by atoms with van der Waals surface area (Å²) >= 11 is 0. The highest BCUT2D eigenvalue weighted by molar-refractivity contribution is 7.89. The molecule has 1 fully saturated rings. The molecule has 0 saturated carbocycles. The number of carbonyl (C=O) groups is 2. The van der Waals surface area contributed by atoms with Gasteiger partial charge in [0, 0.05) is 25.2 Å². The summed E-state index contributed by atoms with van der Waals surface area (Å²) in [6, 6.07) is 6.34. The van der Waals surface area contributed by atoms with E-state index in [-0.39, 0.29) is 16.8 Å². The van der Waals surface area contributed by atoms with Gasteiger partial charge in [-0.25, -0.2) is 13.2 Å². The second-order valence-corrected chi connectivity index (χ2v) is 9.40. The molecule has 0 aliphatic carbocycles. The fourth-order valence-electron chi connectivity index (χ4n) is 3.02. The molecule has 1 unspecified atom stereocenters. The molecule has 0 bridgehead atoms. The van der Waals surface area contributed by atoms with Crippen LogP contribution < -0.4 is 5.32 Å². The van der Waals surface area contributed by atoms with Crippen molar-refractivity contribution >= 4 is 28.0 Å². The number of carbonyl (C=O) groups excluding carboxylic acids is 2. The lowest BCUT2D eigenvalue weighted by molar-refractivity contribution is -0.150. The highest BCUT2D eigenvalue weighted by Gasteiger charge is 2.24. The van der Waals surface area contributed by atoms with E-state index in [2.05, 4.69) is 5.32 Å². The summed E-state index contributed by atoms with van der Waals surface area (Å²) in [4.78, 5) is 23.9.